The van der Waals surface area contributed by atoms with Gasteiger partial charge in [-0.15, -0.1) is 0 Å². The molecule has 3 N–H and O–H groups in total. The number of aryl methyl sites for hydroxylation is 2. The number of hydrogen-bond donors (Lipinski definition) is 3. The second kappa shape index (κ2) is 12.0. The number of carbonyl (C=O) groups excluding carboxylic acids is 1. The zero-order chi connectivity index (χ0) is 27.1. The van der Waals surface area contributed by atoms with Crippen LogP contribution in [0.3, 0.4) is 0 Å². The lowest BCUT2D eigenvalue weighted by Crippen LogP contribution is -2.29. The molecular formula is C31H29N3O4. The van der Waals surface area contributed by atoms with Crippen molar-refractivity contribution in [3.05, 3.63) is 125 Å². The van der Waals surface area contributed by atoms with Crippen molar-refractivity contribution in [2.24, 2.45) is 5.16 Å². The van der Waals surface area contributed by atoms with Gasteiger partial charge in [0.25, 0.3) is 5.91 Å². The standard InChI is InChI=1S/C31H29N3O4/c1-20-5-3-4-6-27(20)28(18-29(34-38)26-15-16-32-21(2)17-26)24-11-7-22(8-12-24)23-9-13-25(14-10-23)31(37)33-19-30(35)36/h3-17,28,38H,18-19H2,1-2H3,(H,33,37)(H,35,36)/b34-29+. The minimum atomic E-state index is -1.09. The predicted molar refractivity (Wildman–Crippen MR) is 147 cm³/mol. The van der Waals surface area contributed by atoms with E-state index in [9.17, 15) is 14.8 Å². The zero-order valence-electron chi connectivity index (χ0n) is 21.3. The highest BCUT2D eigenvalue weighted by atomic mass is 16.4. The Kier molecular flexibility index (Phi) is 8.28. The number of nitrogens with zero attached hydrogens (tertiary/aromatic N) is 2. The van der Waals surface area contributed by atoms with Gasteiger partial charge in [-0.2, -0.15) is 0 Å². The van der Waals surface area contributed by atoms with Crippen molar-refractivity contribution < 1.29 is 19.9 Å². The molecule has 0 spiro atoms. The normalized spacial score (nSPS) is 12.1. The van der Waals surface area contributed by atoms with E-state index >= 15 is 0 Å². The van der Waals surface area contributed by atoms with Gasteiger partial charge in [0, 0.05) is 35.4 Å². The van der Waals surface area contributed by atoms with Crippen LogP contribution >= 0.6 is 0 Å². The average molecular weight is 508 g/mol. The first-order chi connectivity index (χ1) is 18.4. The topological polar surface area (TPSA) is 112 Å². The van der Waals surface area contributed by atoms with Gasteiger partial charge in [0.1, 0.15) is 6.54 Å². The third-order valence-corrected chi connectivity index (χ3v) is 6.51. The third kappa shape index (κ3) is 6.31. The number of pyridine rings is 1. The fraction of sp³-hybridized carbons (Fsp3) is 0.161. The van der Waals surface area contributed by atoms with E-state index < -0.39 is 18.4 Å². The van der Waals surface area contributed by atoms with Gasteiger partial charge in [-0.1, -0.05) is 65.8 Å². The summed E-state index contributed by atoms with van der Waals surface area (Å²) in [7, 11) is 0. The molecule has 0 fully saturated rings. The van der Waals surface area contributed by atoms with Crippen LogP contribution in [0.15, 0.2) is 96.3 Å². The van der Waals surface area contributed by atoms with E-state index in [1.165, 1.54) is 0 Å². The van der Waals surface area contributed by atoms with Crippen molar-refractivity contribution in [2.75, 3.05) is 6.54 Å². The van der Waals surface area contributed by atoms with E-state index in [0.29, 0.717) is 17.7 Å². The van der Waals surface area contributed by atoms with E-state index in [0.717, 1.165) is 39.1 Å². The molecule has 192 valence electrons. The molecule has 38 heavy (non-hydrogen) atoms. The number of rotatable bonds is 9. The predicted octanol–water partition coefficient (Wildman–Crippen LogP) is 5.58. The number of carboxylic acid groups (broad SMARTS) is 1. The molecule has 1 unspecified atom stereocenters. The quantitative estimate of drug-likeness (QED) is 0.156. The second-order valence-electron chi connectivity index (χ2n) is 9.12. The molecule has 3 aromatic carbocycles. The van der Waals surface area contributed by atoms with Gasteiger partial charge >= 0.3 is 5.97 Å². The van der Waals surface area contributed by atoms with E-state index in [1.54, 1.807) is 18.3 Å². The van der Waals surface area contributed by atoms with Crippen LogP contribution in [-0.2, 0) is 4.79 Å². The molecule has 1 amide bonds. The number of carboxylic acids is 1. The molecule has 1 aromatic heterocycles. The molecule has 0 aliphatic heterocycles. The summed E-state index contributed by atoms with van der Waals surface area (Å²) in [5.74, 6) is -1.56. The largest absolute Gasteiger partial charge is 0.480 e. The Morgan fingerprint density at radius 3 is 2.16 bits per heavy atom. The van der Waals surface area contributed by atoms with Crippen LogP contribution in [0, 0.1) is 13.8 Å². The van der Waals surface area contributed by atoms with E-state index in [4.69, 9.17) is 5.11 Å². The number of benzene rings is 3. The molecule has 1 atom stereocenters. The van der Waals surface area contributed by atoms with E-state index in [-0.39, 0.29) is 5.92 Å². The fourth-order valence-electron chi connectivity index (χ4n) is 4.50. The molecule has 4 rings (SSSR count). The van der Waals surface area contributed by atoms with Crippen LogP contribution in [0.4, 0.5) is 0 Å². The van der Waals surface area contributed by atoms with E-state index in [1.807, 2.05) is 55.5 Å². The molecule has 7 heteroatoms. The summed E-state index contributed by atoms with van der Waals surface area (Å²) in [4.78, 5) is 27.0. The van der Waals surface area contributed by atoms with Crippen molar-refractivity contribution in [2.45, 2.75) is 26.2 Å². The van der Waals surface area contributed by atoms with Crippen molar-refractivity contribution in [3.8, 4) is 11.1 Å². The van der Waals surface area contributed by atoms with Crippen LogP contribution in [0.2, 0.25) is 0 Å². The van der Waals surface area contributed by atoms with Crippen LogP contribution in [0.1, 0.15) is 50.6 Å². The maximum atomic E-state index is 12.1. The van der Waals surface area contributed by atoms with Crippen LogP contribution in [-0.4, -0.2) is 39.4 Å². The molecule has 0 saturated heterocycles. The zero-order valence-corrected chi connectivity index (χ0v) is 21.3. The Morgan fingerprint density at radius 1 is 0.895 bits per heavy atom. The first-order valence-corrected chi connectivity index (χ1v) is 12.3. The van der Waals surface area contributed by atoms with Gasteiger partial charge in [-0.25, -0.2) is 0 Å². The molecule has 0 saturated carbocycles. The summed E-state index contributed by atoms with van der Waals surface area (Å²) < 4.78 is 0. The van der Waals surface area contributed by atoms with Gasteiger partial charge in [0.15, 0.2) is 0 Å². The third-order valence-electron chi connectivity index (χ3n) is 6.51. The molecule has 4 aromatic rings. The maximum Gasteiger partial charge on any atom is 0.322 e. The lowest BCUT2D eigenvalue weighted by atomic mass is 9.83. The first kappa shape index (κ1) is 26.3. The van der Waals surface area contributed by atoms with Crippen molar-refractivity contribution >= 4 is 17.6 Å². The molecule has 0 bridgehead atoms. The number of nitrogens with one attached hydrogen (secondary N) is 1. The number of amides is 1. The average Bonchev–Trinajstić information content (AvgIpc) is 2.93. The van der Waals surface area contributed by atoms with Crippen LogP contribution in [0.25, 0.3) is 11.1 Å². The molecule has 0 aliphatic rings. The van der Waals surface area contributed by atoms with Gasteiger partial charge < -0.3 is 15.6 Å². The highest BCUT2D eigenvalue weighted by Crippen LogP contribution is 2.33. The van der Waals surface area contributed by atoms with Gasteiger partial charge in [-0.3, -0.25) is 14.6 Å². The van der Waals surface area contributed by atoms with E-state index in [2.05, 4.69) is 46.6 Å². The summed E-state index contributed by atoms with van der Waals surface area (Å²) in [5.41, 5.74) is 7.98. The molecule has 0 radical (unpaired) electrons. The highest BCUT2D eigenvalue weighted by molar-refractivity contribution is 6.01. The van der Waals surface area contributed by atoms with Crippen LogP contribution in [0.5, 0.6) is 0 Å². The Hall–Kier alpha value is -4.78. The van der Waals surface area contributed by atoms with Crippen molar-refractivity contribution in [3.63, 3.8) is 0 Å². The van der Waals surface area contributed by atoms with Crippen molar-refractivity contribution in [1.82, 2.24) is 10.3 Å². The molecule has 7 nitrogen and oxygen atoms in total. The van der Waals surface area contributed by atoms with Gasteiger partial charge in [-0.05, 0) is 65.9 Å². The number of hydrogen-bond acceptors (Lipinski definition) is 5. The summed E-state index contributed by atoms with van der Waals surface area (Å²) in [5, 5.41) is 24.7. The Morgan fingerprint density at radius 2 is 1.55 bits per heavy atom. The highest BCUT2D eigenvalue weighted by Gasteiger charge is 2.20. The first-order valence-electron chi connectivity index (χ1n) is 12.3. The van der Waals surface area contributed by atoms with Crippen molar-refractivity contribution in [1.29, 1.82) is 0 Å². The summed E-state index contributed by atoms with van der Waals surface area (Å²) in [6.45, 7) is 3.57. The smallest absolute Gasteiger partial charge is 0.322 e. The lowest BCUT2D eigenvalue weighted by molar-refractivity contribution is -0.135. The fourth-order valence-corrected chi connectivity index (χ4v) is 4.50. The minimum absolute atomic E-state index is 0.0371. The number of aromatic nitrogens is 1. The molecular weight excluding hydrogens is 478 g/mol. The Labute approximate surface area is 221 Å². The van der Waals surface area contributed by atoms with Crippen LogP contribution < -0.4 is 5.32 Å². The molecule has 0 aliphatic carbocycles. The monoisotopic (exact) mass is 507 g/mol. The summed E-state index contributed by atoms with van der Waals surface area (Å²) in [6.07, 6.45) is 2.22. The Balaban J connectivity index is 1.61. The summed E-state index contributed by atoms with van der Waals surface area (Å²) in [6, 6.07) is 27.2. The second-order valence-corrected chi connectivity index (χ2v) is 9.12. The lowest BCUT2D eigenvalue weighted by Gasteiger charge is -2.21. The number of aliphatic carboxylic acids is 1. The number of oxime groups is 1. The molecule has 1 heterocycles. The van der Waals surface area contributed by atoms with Gasteiger partial charge in [0.2, 0.25) is 0 Å². The summed E-state index contributed by atoms with van der Waals surface area (Å²) >= 11 is 0. The van der Waals surface area contributed by atoms with Gasteiger partial charge in [0.05, 0.1) is 5.71 Å². The minimum Gasteiger partial charge on any atom is -0.480 e. The number of carbonyl (C=O) groups is 2. The maximum absolute atomic E-state index is 12.1. The Bertz CT molecular complexity index is 1460. The SMILES string of the molecule is Cc1cc(/C(CC(c2ccc(-c3ccc(C(=O)NCC(=O)O)cc3)cc2)c2ccccc2C)=N/O)ccn1.